The van der Waals surface area contributed by atoms with E-state index in [1.807, 2.05) is 53.7 Å². The smallest absolute Gasteiger partial charge is 0.309 e. The molecule has 0 aromatic rings. The molecule has 2 saturated heterocycles. The van der Waals surface area contributed by atoms with Crippen LogP contribution in [0.25, 0.3) is 0 Å². The van der Waals surface area contributed by atoms with Crippen molar-refractivity contribution in [3.63, 3.8) is 0 Å². The molecule has 5 rings (SSSR count). The highest BCUT2D eigenvalue weighted by molar-refractivity contribution is 5.97. The van der Waals surface area contributed by atoms with E-state index in [0.717, 1.165) is 32.1 Å². The number of rotatable bonds is 21. The third kappa shape index (κ3) is 9.69. The maximum Gasteiger partial charge on any atom is 0.309 e. The number of hydrogen-bond donors (Lipinski definition) is 3. The van der Waals surface area contributed by atoms with E-state index < -0.39 is 87.8 Å². The lowest BCUT2D eigenvalue weighted by molar-refractivity contribution is -0.337. The van der Waals surface area contributed by atoms with E-state index in [9.17, 15) is 34.5 Å². The van der Waals surface area contributed by atoms with Crippen LogP contribution in [0.15, 0.2) is 84.6 Å². The van der Waals surface area contributed by atoms with Crippen molar-refractivity contribution in [3.8, 4) is 0 Å². The highest BCUT2D eigenvalue weighted by atomic mass is 16.7. The summed E-state index contributed by atoms with van der Waals surface area (Å²) in [4.78, 5) is 55.5. The number of Topliss-reactive ketones (excluding diaryl/α,β-unsaturated/α-hetero) is 1. The quantitative estimate of drug-likeness (QED) is 0.0753. The normalized spacial score (nSPS) is 34.7. The second kappa shape index (κ2) is 20.9. The molecule has 10 nitrogen and oxygen atoms in total. The van der Waals surface area contributed by atoms with Gasteiger partial charge in [-0.15, -0.1) is 0 Å². The number of ether oxygens (including phenoxy) is 3. The van der Waals surface area contributed by atoms with Gasteiger partial charge < -0.3 is 29.5 Å². The molecular weight excluding hydrogens is 785 g/mol. The molecule has 2 heterocycles. The summed E-state index contributed by atoms with van der Waals surface area (Å²) in [5, 5.41) is 36.0. The Kier molecular flexibility index (Phi) is 16.6. The standard InChI is InChI=1S/C52H74O10/c1-9-10-11-12-13-14-15-16-17-18-19-20-21-22-23-24-25-26-27-28-43(55)62-46-41(54)29-36(6)40-31-42-50-33-60-52(59,48(50)49(40,46)8)45(56)37(7)44(50)39(47(57)61-42)30-38(53)32-51(58,34(2)3)35(4)5/h10-11,13-14,16-17,19-20,22-23,25-26,29,34-35,37,39-40,42,44-46,48,56,58-59H,9,12,15,18,21,24,27-28,30-33H2,1-8H3/b11-10-,14-13-,17-16-,20-19-,23-22-,26-25-/t37?,39?,40-,42+,44?,45+,46+,48?,49?,50-,52-/m0/s1. The van der Waals surface area contributed by atoms with Crippen LogP contribution < -0.4 is 0 Å². The van der Waals surface area contributed by atoms with Crippen LogP contribution >= 0.6 is 0 Å². The molecule has 62 heavy (non-hydrogen) atoms. The zero-order valence-electron chi connectivity index (χ0n) is 38.5. The van der Waals surface area contributed by atoms with Crippen molar-refractivity contribution >= 4 is 23.5 Å². The molecule has 2 saturated carbocycles. The fourth-order valence-electron chi connectivity index (χ4n) is 11.9. The van der Waals surface area contributed by atoms with E-state index in [4.69, 9.17) is 14.2 Å². The molecule has 0 aromatic carbocycles. The lowest BCUT2D eigenvalue weighted by atomic mass is 9.37. The van der Waals surface area contributed by atoms with Crippen molar-refractivity contribution in [2.24, 2.45) is 52.3 Å². The summed E-state index contributed by atoms with van der Waals surface area (Å²) in [6, 6.07) is 0. The van der Waals surface area contributed by atoms with Gasteiger partial charge in [0.2, 0.25) is 0 Å². The van der Waals surface area contributed by atoms with Crippen LogP contribution in [0.4, 0.5) is 0 Å². The Hall–Kier alpha value is -3.70. The Morgan fingerprint density at radius 2 is 1.44 bits per heavy atom. The summed E-state index contributed by atoms with van der Waals surface area (Å²) in [7, 11) is 0. The van der Waals surface area contributed by atoms with Crippen molar-refractivity contribution in [1.82, 2.24) is 0 Å². The first-order chi connectivity index (χ1) is 29.4. The summed E-state index contributed by atoms with van der Waals surface area (Å²) in [6.07, 6.45) is 29.2. The van der Waals surface area contributed by atoms with Crippen LogP contribution in [0.3, 0.4) is 0 Å². The molecule has 3 N–H and O–H groups in total. The maximum absolute atomic E-state index is 14.0. The molecule has 5 unspecified atom stereocenters. The summed E-state index contributed by atoms with van der Waals surface area (Å²) in [5.74, 6) is -8.21. The first-order valence-corrected chi connectivity index (χ1v) is 23.2. The molecule has 2 aliphatic heterocycles. The zero-order valence-corrected chi connectivity index (χ0v) is 38.5. The van der Waals surface area contributed by atoms with Crippen molar-refractivity contribution in [2.75, 3.05) is 6.61 Å². The molecule has 4 fully saturated rings. The average molecular weight is 859 g/mol. The highest BCUT2D eigenvalue weighted by Gasteiger charge is 2.83. The van der Waals surface area contributed by atoms with Gasteiger partial charge in [0.1, 0.15) is 18.0 Å². The number of aliphatic hydroxyl groups is 3. The van der Waals surface area contributed by atoms with Gasteiger partial charge in [-0.1, -0.05) is 127 Å². The van der Waals surface area contributed by atoms with Gasteiger partial charge in [0.05, 0.1) is 18.1 Å². The van der Waals surface area contributed by atoms with Gasteiger partial charge in [-0.2, -0.15) is 0 Å². The van der Waals surface area contributed by atoms with Crippen LogP contribution in [-0.4, -0.2) is 75.1 Å². The first kappa shape index (κ1) is 49.3. The minimum absolute atomic E-state index is 0.0395. The number of allylic oxidation sites excluding steroid dienone is 13. The second-order valence-corrected chi connectivity index (χ2v) is 19.4. The molecule has 10 heteroatoms. The van der Waals surface area contributed by atoms with Crippen LogP contribution in [-0.2, 0) is 33.4 Å². The Morgan fingerprint density at radius 1 is 0.903 bits per heavy atom. The lowest BCUT2D eigenvalue weighted by Crippen LogP contribution is -2.77. The van der Waals surface area contributed by atoms with Crippen molar-refractivity contribution < 1.29 is 48.7 Å². The number of hydrogen-bond acceptors (Lipinski definition) is 10. The molecular formula is C52H74O10. The number of carbonyl (C=O) groups excluding carboxylic acids is 4. The fourth-order valence-corrected chi connectivity index (χ4v) is 11.9. The molecule has 1 spiro atoms. The minimum Gasteiger partial charge on any atom is -0.461 e. The molecule has 11 atom stereocenters. The minimum atomic E-state index is -2.15. The largest absolute Gasteiger partial charge is 0.461 e. The van der Waals surface area contributed by atoms with Gasteiger partial charge in [-0.05, 0) is 94.0 Å². The van der Waals surface area contributed by atoms with Gasteiger partial charge >= 0.3 is 11.9 Å². The molecule has 2 bridgehead atoms. The predicted molar refractivity (Wildman–Crippen MR) is 240 cm³/mol. The van der Waals surface area contributed by atoms with Gasteiger partial charge in [0.15, 0.2) is 17.7 Å². The third-order valence-electron chi connectivity index (χ3n) is 15.1. The third-order valence-corrected chi connectivity index (χ3v) is 15.1. The van der Waals surface area contributed by atoms with E-state index in [2.05, 4.69) is 67.7 Å². The Bertz CT molecular complexity index is 1820. The van der Waals surface area contributed by atoms with Crippen molar-refractivity contribution in [1.29, 1.82) is 0 Å². The average Bonchev–Trinajstić information content (AvgIpc) is 3.50. The van der Waals surface area contributed by atoms with Crippen LogP contribution in [0, 0.1) is 52.3 Å². The van der Waals surface area contributed by atoms with Gasteiger partial charge in [-0.25, -0.2) is 0 Å². The van der Waals surface area contributed by atoms with E-state index in [1.165, 1.54) is 6.08 Å². The molecule has 3 aliphatic carbocycles. The monoisotopic (exact) mass is 859 g/mol. The second-order valence-electron chi connectivity index (χ2n) is 19.4. The van der Waals surface area contributed by atoms with Crippen molar-refractivity contribution in [3.05, 3.63) is 84.6 Å². The summed E-state index contributed by atoms with van der Waals surface area (Å²) in [6.45, 7) is 14.9. The zero-order chi connectivity index (χ0) is 45.5. The van der Waals surface area contributed by atoms with E-state index in [-0.39, 0.29) is 43.5 Å². The fraction of sp³-hybridized carbons (Fsp3) is 0.654. The summed E-state index contributed by atoms with van der Waals surface area (Å²) >= 11 is 0. The molecule has 342 valence electrons. The SMILES string of the molecule is CC/C=C\C/C=C\C/C=C\C/C=C\C/C=C\C/C=C\CCC(=O)O[C@@H]1C(=O)C=C(C)[C@@H]2C[C@H]3OC(=O)C(CC(=O)CC(O)(C(C)C)C(C)C)C4C(C)[C@@H](O)[C@]5(O)OC[C@@]43C5C12C. The van der Waals surface area contributed by atoms with E-state index in [1.54, 1.807) is 6.92 Å². The summed E-state index contributed by atoms with van der Waals surface area (Å²) < 4.78 is 18.7. The van der Waals surface area contributed by atoms with Gasteiger partial charge in [0, 0.05) is 36.0 Å². The van der Waals surface area contributed by atoms with Gasteiger partial charge in [-0.3, -0.25) is 19.2 Å². The van der Waals surface area contributed by atoms with Crippen molar-refractivity contribution in [2.45, 2.75) is 156 Å². The van der Waals surface area contributed by atoms with Crippen LogP contribution in [0.2, 0.25) is 0 Å². The van der Waals surface area contributed by atoms with E-state index >= 15 is 0 Å². The van der Waals surface area contributed by atoms with Crippen LogP contribution in [0.5, 0.6) is 0 Å². The number of carbonyl (C=O) groups is 4. The summed E-state index contributed by atoms with van der Waals surface area (Å²) in [5.41, 5.74) is -2.93. The lowest BCUT2D eigenvalue weighted by Gasteiger charge is -2.68. The Balaban J connectivity index is 1.24. The number of fused-ring (bicyclic) bond motifs is 1. The molecule has 0 aromatic heterocycles. The molecule has 0 amide bonds. The maximum atomic E-state index is 14.0. The van der Waals surface area contributed by atoms with E-state index in [0.29, 0.717) is 24.8 Å². The number of esters is 2. The van der Waals surface area contributed by atoms with Gasteiger partial charge in [0.25, 0.3) is 0 Å². The number of ketones is 2. The first-order valence-electron chi connectivity index (χ1n) is 23.2. The predicted octanol–water partition coefficient (Wildman–Crippen LogP) is 8.81. The van der Waals surface area contributed by atoms with Crippen LogP contribution in [0.1, 0.15) is 126 Å². The Labute approximate surface area is 370 Å². The number of aliphatic hydroxyl groups excluding tert-OH is 1. The highest BCUT2D eigenvalue weighted by Crippen LogP contribution is 2.74. The molecule has 5 aliphatic rings. The topological polar surface area (TPSA) is 157 Å². The molecule has 0 radical (unpaired) electrons. The Morgan fingerprint density at radius 3 is 1.97 bits per heavy atom.